The molecule has 0 fully saturated rings. The zero-order chi connectivity index (χ0) is 13.9. The van der Waals surface area contributed by atoms with Crippen LogP contribution in [-0.4, -0.2) is 22.1 Å². The lowest BCUT2D eigenvalue weighted by atomic mass is 10.1. The summed E-state index contributed by atoms with van der Waals surface area (Å²) in [5.74, 6) is -0.647. The number of carbonyl (C=O) groups excluding carboxylic acids is 1. The van der Waals surface area contributed by atoms with Gasteiger partial charge < -0.3 is 9.84 Å². The van der Waals surface area contributed by atoms with Crippen LogP contribution in [0.5, 0.6) is 0 Å². The third-order valence-electron chi connectivity index (χ3n) is 2.12. The van der Waals surface area contributed by atoms with Gasteiger partial charge >= 0.3 is 5.97 Å². The zero-order valence-electron chi connectivity index (χ0n) is 10.5. The number of hydrogen-bond donors (Lipinski definition) is 1. The molecule has 1 aromatic carbocycles. The van der Waals surface area contributed by atoms with Crippen molar-refractivity contribution in [3.8, 4) is 0 Å². The van der Waals surface area contributed by atoms with Crippen LogP contribution in [0.2, 0.25) is 5.02 Å². The van der Waals surface area contributed by atoms with Crippen LogP contribution < -0.4 is 0 Å². The van der Waals surface area contributed by atoms with E-state index in [0.29, 0.717) is 10.6 Å². The zero-order valence-corrected chi connectivity index (χ0v) is 12.0. The average Bonchev–Trinajstić information content (AvgIpc) is 2.26. The van der Waals surface area contributed by atoms with E-state index in [1.54, 1.807) is 45.0 Å². The highest BCUT2D eigenvalue weighted by molar-refractivity contribution is 6.31. The minimum Gasteiger partial charge on any atom is -0.459 e. The van der Waals surface area contributed by atoms with Gasteiger partial charge in [-0.15, -0.1) is 11.6 Å². The highest BCUT2D eigenvalue weighted by Crippen LogP contribution is 2.25. The lowest BCUT2D eigenvalue weighted by molar-refractivity contribution is -0.156. The molecule has 0 aliphatic carbocycles. The molecule has 3 nitrogen and oxygen atoms in total. The summed E-state index contributed by atoms with van der Waals surface area (Å²) in [6, 6.07) is 6.48. The van der Waals surface area contributed by atoms with Gasteiger partial charge in [-0.3, -0.25) is 4.79 Å². The van der Waals surface area contributed by atoms with Crippen LogP contribution in [0.1, 0.15) is 32.4 Å². The molecule has 1 aromatic rings. The third kappa shape index (κ3) is 4.48. The maximum atomic E-state index is 11.7. The van der Waals surface area contributed by atoms with Crippen molar-refractivity contribution in [2.75, 3.05) is 0 Å². The number of ether oxygens (including phenoxy) is 1. The Labute approximate surface area is 117 Å². The normalized spacial score (nSPS) is 15.0. The molecule has 18 heavy (non-hydrogen) atoms. The first-order valence-corrected chi connectivity index (χ1v) is 6.32. The summed E-state index contributed by atoms with van der Waals surface area (Å²) in [6.45, 7) is 5.22. The molecule has 2 unspecified atom stereocenters. The van der Waals surface area contributed by atoms with Crippen molar-refractivity contribution in [1.82, 2.24) is 0 Å². The van der Waals surface area contributed by atoms with Crippen molar-refractivity contribution in [3.05, 3.63) is 34.9 Å². The molecule has 2 atom stereocenters. The van der Waals surface area contributed by atoms with Crippen LogP contribution >= 0.6 is 23.2 Å². The number of esters is 1. The Morgan fingerprint density at radius 1 is 1.28 bits per heavy atom. The van der Waals surface area contributed by atoms with Crippen molar-refractivity contribution in [2.45, 2.75) is 37.9 Å². The standard InChI is InChI=1S/C13H16Cl2O3/c1-13(2,3)18-12(17)10(15)11(16)8-4-6-9(14)7-5-8/h4-7,10-11,16H,1-3H3. The van der Waals surface area contributed by atoms with Gasteiger partial charge in [-0.1, -0.05) is 23.7 Å². The van der Waals surface area contributed by atoms with E-state index in [1.807, 2.05) is 0 Å². The first kappa shape index (κ1) is 15.3. The maximum Gasteiger partial charge on any atom is 0.327 e. The largest absolute Gasteiger partial charge is 0.459 e. The highest BCUT2D eigenvalue weighted by Gasteiger charge is 2.30. The Morgan fingerprint density at radius 2 is 1.78 bits per heavy atom. The van der Waals surface area contributed by atoms with E-state index in [2.05, 4.69) is 0 Å². The molecule has 0 aromatic heterocycles. The van der Waals surface area contributed by atoms with Crippen LogP contribution in [0.25, 0.3) is 0 Å². The van der Waals surface area contributed by atoms with E-state index in [-0.39, 0.29) is 0 Å². The van der Waals surface area contributed by atoms with Gasteiger partial charge in [0.1, 0.15) is 11.7 Å². The second-order valence-corrected chi connectivity index (χ2v) is 5.84. The Hall–Kier alpha value is -0.770. The minimum atomic E-state index is -1.15. The second kappa shape index (κ2) is 5.91. The first-order chi connectivity index (χ1) is 8.20. The van der Waals surface area contributed by atoms with Crippen LogP contribution in [0, 0.1) is 0 Å². The van der Waals surface area contributed by atoms with Gasteiger partial charge in [-0.25, -0.2) is 0 Å². The Morgan fingerprint density at radius 3 is 2.22 bits per heavy atom. The van der Waals surface area contributed by atoms with Crippen molar-refractivity contribution in [2.24, 2.45) is 0 Å². The fraction of sp³-hybridized carbons (Fsp3) is 0.462. The number of rotatable bonds is 3. The molecular formula is C13H16Cl2O3. The van der Waals surface area contributed by atoms with Gasteiger partial charge in [0.05, 0.1) is 0 Å². The summed E-state index contributed by atoms with van der Waals surface area (Å²) in [5.41, 5.74) is -0.116. The van der Waals surface area contributed by atoms with Gasteiger partial charge in [-0.05, 0) is 38.5 Å². The number of aliphatic hydroxyl groups is 1. The predicted octanol–water partition coefficient (Wildman–Crippen LogP) is 3.32. The number of hydrogen-bond acceptors (Lipinski definition) is 3. The van der Waals surface area contributed by atoms with Gasteiger partial charge in [0.15, 0.2) is 5.38 Å². The van der Waals surface area contributed by atoms with E-state index in [4.69, 9.17) is 27.9 Å². The molecule has 0 amide bonds. The van der Waals surface area contributed by atoms with E-state index in [0.717, 1.165) is 0 Å². The van der Waals surface area contributed by atoms with E-state index >= 15 is 0 Å². The molecule has 0 radical (unpaired) electrons. The van der Waals surface area contributed by atoms with Crippen molar-refractivity contribution in [3.63, 3.8) is 0 Å². The second-order valence-electron chi connectivity index (χ2n) is 4.93. The van der Waals surface area contributed by atoms with Gasteiger partial charge in [0.2, 0.25) is 0 Å². The number of aliphatic hydroxyl groups excluding tert-OH is 1. The van der Waals surface area contributed by atoms with Crippen LogP contribution in [-0.2, 0) is 9.53 Å². The fourth-order valence-electron chi connectivity index (χ4n) is 1.32. The average molecular weight is 291 g/mol. The summed E-state index contributed by atoms with van der Waals surface area (Å²) >= 11 is 11.6. The minimum absolute atomic E-state index is 0.519. The number of halogens is 2. The Kier molecular flexibility index (Phi) is 5.02. The molecule has 0 saturated heterocycles. The van der Waals surface area contributed by atoms with Crippen LogP contribution in [0.4, 0.5) is 0 Å². The molecule has 0 aliphatic heterocycles. The molecule has 0 aliphatic rings. The maximum absolute atomic E-state index is 11.7. The Balaban J connectivity index is 2.74. The molecule has 0 spiro atoms. The van der Waals surface area contributed by atoms with Gasteiger partial charge in [-0.2, -0.15) is 0 Å². The molecule has 0 heterocycles. The monoisotopic (exact) mass is 290 g/mol. The van der Waals surface area contributed by atoms with Gasteiger partial charge in [0, 0.05) is 5.02 Å². The van der Waals surface area contributed by atoms with E-state index in [9.17, 15) is 9.90 Å². The highest BCUT2D eigenvalue weighted by atomic mass is 35.5. The summed E-state index contributed by atoms with van der Waals surface area (Å²) in [7, 11) is 0. The number of benzene rings is 1. The fourth-order valence-corrected chi connectivity index (χ4v) is 1.63. The third-order valence-corrected chi connectivity index (χ3v) is 2.79. The lowest BCUT2D eigenvalue weighted by Crippen LogP contribution is -2.32. The molecule has 0 saturated carbocycles. The van der Waals surface area contributed by atoms with Gasteiger partial charge in [0.25, 0.3) is 0 Å². The van der Waals surface area contributed by atoms with Crippen molar-refractivity contribution < 1.29 is 14.6 Å². The van der Waals surface area contributed by atoms with Crippen LogP contribution in [0.3, 0.4) is 0 Å². The molecule has 5 heteroatoms. The molecule has 1 rings (SSSR count). The molecule has 100 valence electrons. The smallest absolute Gasteiger partial charge is 0.327 e. The summed E-state index contributed by atoms with van der Waals surface area (Å²) in [4.78, 5) is 11.7. The van der Waals surface area contributed by atoms with E-state index in [1.165, 1.54) is 0 Å². The molecular weight excluding hydrogens is 275 g/mol. The summed E-state index contributed by atoms with van der Waals surface area (Å²) in [5, 5.41) is 9.37. The summed E-state index contributed by atoms with van der Waals surface area (Å²) in [6.07, 6.45) is -1.13. The van der Waals surface area contributed by atoms with Crippen molar-refractivity contribution in [1.29, 1.82) is 0 Å². The SMILES string of the molecule is CC(C)(C)OC(=O)C(Cl)C(O)c1ccc(Cl)cc1. The van der Waals surface area contributed by atoms with Crippen molar-refractivity contribution >= 4 is 29.2 Å². The lowest BCUT2D eigenvalue weighted by Gasteiger charge is -2.23. The Bertz CT molecular complexity index is 409. The summed E-state index contributed by atoms with van der Waals surface area (Å²) < 4.78 is 5.11. The van der Waals surface area contributed by atoms with Crippen LogP contribution in [0.15, 0.2) is 24.3 Å². The topological polar surface area (TPSA) is 46.5 Å². The predicted molar refractivity (Wildman–Crippen MR) is 71.9 cm³/mol. The quantitative estimate of drug-likeness (QED) is 0.686. The number of carbonyl (C=O) groups is 1. The molecule has 0 bridgehead atoms. The first-order valence-electron chi connectivity index (χ1n) is 5.51. The number of alkyl halides is 1. The van der Waals surface area contributed by atoms with E-state index < -0.39 is 23.1 Å². The molecule has 1 N–H and O–H groups in total.